The molecule has 17 heavy (non-hydrogen) atoms. The van der Waals surface area contributed by atoms with Crippen molar-refractivity contribution in [1.82, 2.24) is 5.32 Å². The van der Waals surface area contributed by atoms with Crippen LogP contribution >= 0.6 is 0 Å². The molecule has 0 radical (unpaired) electrons. The topological polar surface area (TPSA) is 21.3 Å². The van der Waals surface area contributed by atoms with Crippen molar-refractivity contribution in [1.29, 1.82) is 0 Å². The Hall–Kier alpha value is -0.0800. The van der Waals surface area contributed by atoms with Crippen LogP contribution in [0.15, 0.2) is 0 Å². The van der Waals surface area contributed by atoms with Crippen molar-refractivity contribution in [2.24, 2.45) is 11.3 Å². The van der Waals surface area contributed by atoms with E-state index in [1.165, 1.54) is 45.1 Å². The van der Waals surface area contributed by atoms with Crippen LogP contribution in [0.2, 0.25) is 0 Å². The maximum Gasteiger partial charge on any atom is 0.0612 e. The molecule has 0 aromatic heterocycles. The highest BCUT2D eigenvalue weighted by Crippen LogP contribution is 2.43. The lowest BCUT2D eigenvalue weighted by Gasteiger charge is -2.43. The van der Waals surface area contributed by atoms with Gasteiger partial charge in [0.15, 0.2) is 0 Å². The Morgan fingerprint density at radius 1 is 1.35 bits per heavy atom. The molecule has 0 aromatic carbocycles. The fourth-order valence-electron chi connectivity index (χ4n) is 3.17. The van der Waals surface area contributed by atoms with Crippen LogP contribution in [0.4, 0.5) is 0 Å². The molecule has 0 aromatic rings. The van der Waals surface area contributed by atoms with E-state index in [2.05, 4.69) is 26.1 Å². The number of hydrogen-bond acceptors (Lipinski definition) is 2. The molecule has 0 bridgehead atoms. The molecule has 1 saturated heterocycles. The van der Waals surface area contributed by atoms with E-state index in [-0.39, 0.29) is 0 Å². The average molecular weight is 239 g/mol. The molecular formula is C15H29NO. The Balaban J connectivity index is 1.75. The largest absolute Gasteiger partial charge is 0.378 e. The van der Waals surface area contributed by atoms with Gasteiger partial charge in [-0.25, -0.2) is 0 Å². The molecule has 2 fully saturated rings. The average Bonchev–Trinajstić information content (AvgIpc) is 2.28. The second-order valence-electron chi connectivity index (χ2n) is 6.46. The standard InChI is InChI=1S/C15H29NO/c1-4-15(7-5-8-15)11-16-13-6-9-17-14(10-13)12(2)3/h12-14,16H,4-11H2,1-3H3. The fourth-order valence-corrected chi connectivity index (χ4v) is 3.17. The molecule has 0 amide bonds. The van der Waals surface area contributed by atoms with Gasteiger partial charge in [-0.15, -0.1) is 0 Å². The smallest absolute Gasteiger partial charge is 0.0612 e. The SMILES string of the molecule is CCC1(CNC2CCOC(C(C)C)C2)CCC1. The van der Waals surface area contributed by atoms with Crippen molar-refractivity contribution in [3.05, 3.63) is 0 Å². The number of nitrogens with one attached hydrogen (secondary N) is 1. The maximum absolute atomic E-state index is 5.83. The van der Waals surface area contributed by atoms with Crippen LogP contribution in [0.1, 0.15) is 59.3 Å². The van der Waals surface area contributed by atoms with Gasteiger partial charge in [0.25, 0.3) is 0 Å². The van der Waals surface area contributed by atoms with Crippen LogP contribution < -0.4 is 5.32 Å². The molecule has 2 unspecified atom stereocenters. The molecule has 2 nitrogen and oxygen atoms in total. The summed E-state index contributed by atoms with van der Waals surface area (Å²) >= 11 is 0. The highest BCUT2D eigenvalue weighted by atomic mass is 16.5. The minimum Gasteiger partial charge on any atom is -0.378 e. The third-order valence-electron chi connectivity index (χ3n) is 4.99. The summed E-state index contributed by atoms with van der Waals surface area (Å²) in [5.74, 6) is 0.656. The van der Waals surface area contributed by atoms with Gasteiger partial charge in [0.05, 0.1) is 6.10 Å². The minimum atomic E-state index is 0.472. The second kappa shape index (κ2) is 5.71. The van der Waals surface area contributed by atoms with E-state index in [1.807, 2.05) is 0 Å². The van der Waals surface area contributed by atoms with E-state index in [4.69, 9.17) is 4.74 Å². The lowest BCUT2D eigenvalue weighted by atomic mass is 9.67. The van der Waals surface area contributed by atoms with Gasteiger partial charge in [0.1, 0.15) is 0 Å². The van der Waals surface area contributed by atoms with Crippen molar-refractivity contribution >= 4 is 0 Å². The number of hydrogen-bond donors (Lipinski definition) is 1. The molecular weight excluding hydrogens is 210 g/mol. The Labute approximate surface area is 107 Å². The first-order valence-electron chi connectivity index (χ1n) is 7.50. The third-order valence-corrected chi connectivity index (χ3v) is 4.99. The van der Waals surface area contributed by atoms with Crippen LogP contribution in [0.25, 0.3) is 0 Å². The van der Waals surface area contributed by atoms with Gasteiger partial charge in [-0.1, -0.05) is 27.2 Å². The van der Waals surface area contributed by atoms with Crippen LogP contribution in [0, 0.1) is 11.3 Å². The highest BCUT2D eigenvalue weighted by molar-refractivity contribution is 4.90. The third kappa shape index (κ3) is 3.23. The maximum atomic E-state index is 5.83. The van der Waals surface area contributed by atoms with E-state index in [0.717, 1.165) is 6.61 Å². The van der Waals surface area contributed by atoms with Crippen LogP contribution in [-0.2, 0) is 4.74 Å². The van der Waals surface area contributed by atoms with Crippen LogP contribution in [0.5, 0.6) is 0 Å². The van der Waals surface area contributed by atoms with E-state index in [0.29, 0.717) is 23.5 Å². The summed E-state index contributed by atoms with van der Waals surface area (Å²) in [6.07, 6.45) is 8.54. The van der Waals surface area contributed by atoms with E-state index in [1.54, 1.807) is 0 Å². The van der Waals surface area contributed by atoms with Crippen molar-refractivity contribution < 1.29 is 4.74 Å². The highest BCUT2D eigenvalue weighted by Gasteiger charge is 2.35. The molecule has 1 N–H and O–H groups in total. The van der Waals surface area contributed by atoms with E-state index < -0.39 is 0 Å². The second-order valence-corrected chi connectivity index (χ2v) is 6.46. The molecule has 0 spiro atoms. The lowest BCUT2D eigenvalue weighted by Crippen LogP contribution is -2.47. The zero-order valence-corrected chi connectivity index (χ0v) is 11.8. The van der Waals surface area contributed by atoms with Crippen molar-refractivity contribution in [2.75, 3.05) is 13.2 Å². The summed E-state index contributed by atoms with van der Waals surface area (Å²) in [5, 5.41) is 3.82. The summed E-state index contributed by atoms with van der Waals surface area (Å²) in [7, 11) is 0. The van der Waals surface area contributed by atoms with Gasteiger partial charge in [0, 0.05) is 19.2 Å². The van der Waals surface area contributed by atoms with Gasteiger partial charge in [-0.2, -0.15) is 0 Å². The Kier molecular flexibility index (Phi) is 4.48. The van der Waals surface area contributed by atoms with Gasteiger partial charge in [0.2, 0.25) is 0 Å². The normalized spacial score (nSPS) is 32.5. The van der Waals surface area contributed by atoms with Gasteiger partial charge in [-0.3, -0.25) is 0 Å². The quantitative estimate of drug-likeness (QED) is 0.794. The van der Waals surface area contributed by atoms with Gasteiger partial charge in [-0.05, 0) is 43.4 Å². The molecule has 2 atom stereocenters. The van der Waals surface area contributed by atoms with Gasteiger partial charge < -0.3 is 10.1 Å². The Bertz CT molecular complexity index is 230. The Morgan fingerprint density at radius 3 is 2.65 bits per heavy atom. The summed E-state index contributed by atoms with van der Waals surface area (Å²) in [6.45, 7) is 9.07. The summed E-state index contributed by atoms with van der Waals surface area (Å²) in [4.78, 5) is 0. The molecule has 1 heterocycles. The number of ether oxygens (including phenoxy) is 1. The molecule has 2 heteroatoms. The zero-order valence-electron chi connectivity index (χ0n) is 11.8. The number of rotatable bonds is 5. The van der Waals surface area contributed by atoms with Gasteiger partial charge >= 0.3 is 0 Å². The first kappa shape index (κ1) is 13.4. The molecule has 1 aliphatic carbocycles. The van der Waals surface area contributed by atoms with Crippen molar-refractivity contribution in [3.8, 4) is 0 Å². The lowest BCUT2D eigenvalue weighted by molar-refractivity contribution is -0.0274. The predicted molar refractivity (Wildman–Crippen MR) is 72.2 cm³/mol. The predicted octanol–water partition coefficient (Wildman–Crippen LogP) is 3.36. The summed E-state index contributed by atoms with van der Waals surface area (Å²) in [6, 6.07) is 0.695. The fraction of sp³-hybridized carbons (Fsp3) is 1.00. The van der Waals surface area contributed by atoms with Crippen LogP contribution in [-0.4, -0.2) is 25.3 Å². The Morgan fingerprint density at radius 2 is 2.12 bits per heavy atom. The zero-order chi connectivity index (χ0) is 12.3. The molecule has 1 saturated carbocycles. The molecule has 1 aliphatic heterocycles. The van der Waals surface area contributed by atoms with E-state index >= 15 is 0 Å². The van der Waals surface area contributed by atoms with Crippen molar-refractivity contribution in [2.45, 2.75) is 71.4 Å². The molecule has 2 rings (SSSR count). The summed E-state index contributed by atoms with van der Waals surface area (Å²) < 4.78 is 5.83. The first-order chi connectivity index (χ1) is 8.15. The summed E-state index contributed by atoms with van der Waals surface area (Å²) in [5.41, 5.74) is 0.644. The van der Waals surface area contributed by atoms with Crippen molar-refractivity contribution in [3.63, 3.8) is 0 Å². The van der Waals surface area contributed by atoms with E-state index in [9.17, 15) is 0 Å². The first-order valence-corrected chi connectivity index (χ1v) is 7.50. The monoisotopic (exact) mass is 239 g/mol. The molecule has 100 valence electrons. The minimum absolute atomic E-state index is 0.472. The molecule has 2 aliphatic rings. The van der Waals surface area contributed by atoms with Crippen LogP contribution in [0.3, 0.4) is 0 Å².